The van der Waals surface area contributed by atoms with Crippen molar-refractivity contribution < 1.29 is 14.3 Å². The number of ether oxygens (including phenoxy) is 2. The SMILES string of the molecule is CCOc1cc(/C=C/C(=O)c2cccc(-n3cnnn3)c2)ccc1OC. The molecule has 0 spiro atoms. The third kappa shape index (κ3) is 3.94. The molecule has 2 aromatic carbocycles. The molecule has 0 aliphatic carbocycles. The second-order valence-electron chi connectivity index (χ2n) is 5.35. The minimum Gasteiger partial charge on any atom is -0.493 e. The number of hydrogen-bond acceptors (Lipinski definition) is 6. The average Bonchev–Trinajstić information content (AvgIpc) is 3.21. The topological polar surface area (TPSA) is 79.1 Å². The molecule has 0 atom stereocenters. The molecular formula is C19H18N4O3. The molecular weight excluding hydrogens is 332 g/mol. The summed E-state index contributed by atoms with van der Waals surface area (Å²) in [6.45, 7) is 2.44. The van der Waals surface area contributed by atoms with Gasteiger partial charge in [-0.2, -0.15) is 0 Å². The lowest BCUT2D eigenvalue weighted by Gasteiger charge is -2.09. The van der Waals surface area contributed by atoms with E-state index in [2.05, 4.69) is 15.5 Å². The van der Waals surface area contributed by atoms with Gasteiger partial charge in [0.2, 0.25) is 0 Å². The summed E-state index contributed by atoms with van der Waals surface area (Å²) in [4.78, 5) is 12.5. The van der Waals surface area contributed by atoms with E-state index in [1.165, 1.54) is 17.1 Å². The normalized spacial score (nSPS) is 10.8. The number of methoxy groups -OCH3 is 1. The van der Waals surface area contributed by atoms with Gasteiger partial charge in [0.25, 0.3) is 0 Å². The number of tetrazole rings is 1. The molecule has 26 heavy (non-hydrogen) atoms. The van der Waals surface area contributed by atoms with Crippen molar-refractivity contribution in [2.24, 2.45) is 0 Å². The van der Waals surface area contributed by atoms with Gasteiger partial charge in [-0.15, -0.1) is 5.10 Å². The molecule has 0 N–H and O–H groups in total. The molecule has 0 amide bonds. The molecule has 3 rings (SSSR count). The molecule has 0 fully saturated rings. The van der Waals surface area contributed by atoms with Crippen LogP contribution in [0.3, 0.4) is 0 Å². The fraction of sp³-hybridized carbons (Fsp3) is 0.158. The summed E-state index contributed by atoms with van der Waals surface area (Å²) in [5.41, 5.74) is 2.12. The lowest BCUT2D eigenvalue weighted by Crippen LogP contribution is -1.99. The van der Waals surface area contributed by atoms with Crippen molar-refractivity contribution in [1.82, 2.24) is 20.2 Å². The lowest BCUT2D eigenvalue weighted by atomic mass is 10.1. The first kappa shape index (κ1) is 17.3. The molecule has 0 saturated carbocycles. The maximum Gasteiger partial charge on any atom is 0.185 e. The summed E-state index contributed by atoms with van der Waals surface area (Å²) in [7, 11) is 1.59. The molecule has 7 heteroatoms. The predicted octanol–water partition coefficient (Wildman–Crippen LogP) is 2.97. The Kier molecular flexibility index (Phi) is 5.38. The van der Waals surface area contributed by atoms with E-state index in [1.807, 2.05) is 31.2 Å². The summed E-state index contributed by atoms with van der Waals surface area (Å²) >= 11 is 0. The predicted molar refractivity (Wildman–Crippen MR) is 96.7 cm³/mol. The van der Waals surface area contributed by atoms with Crippen molar-refractivity contribution in [2.45, 2.75) is 6.92 Å². The zero-order chi connectivity index (χ0) is 18.4. The van der Waals surface area contributed by atoms with Gasteiger partial charge in [0, 0.05) is 5.56 Å². The zero-order valence-corrected chi connectivity index (χ0v) is 14.5. The van der Waals surface area contributed by atoms with Crippen LogP contribution in [-0.4, -0.2) is 39.7 Å². The average molecular weight is 350 g/mol. The summed E-state index contributed by atoms with van der Waals surface area (Å²) in [5.74, 6) is 1.18. The van der Waals surface area contributed by atoms with Gasteiger partial charge < -0.3 is 9.47 Å². The summed E-state index contributed by atoms with van der Waals surface area (Å²) in [6.07, 6.45) is 4.75. The van der Waals surface area contributed by atoms with E-state index in [4.69, 9.17) is 9.47 Å². The van der Waals surface area contributed by atoms with Crippen LogP contribution in [0.15, 0.2) is 54.9 Å². The van der Waals surface area contributed by atoms with E-state index in [9.17, 15) is 4.79 Å². The van der Waals surface area contributed by atoms with Gasteiger partial charge >= 0.3 is 0 Å². The Morgan fingerprint density at radius 1 is 1.19 bits per heavy atom. The molecule has 0 bridgehead atoms. The fourth-order valence-electron chi connectivity index (χ4n) is 2.41. The molecule has 0 aliphatic rings. The van der Waals surface area contributed by atoms with Crippen LogP contribution in [0.5, 0.6) is 11.5 Å². The van der Waals surface area contributed by atoms with Crippen molar-refractivity contribution in [3.05, 3.63) is 66.0 Å². The van der Waals surface area contributed by atoms with Crippen LogP contribution in [0.1, 0.15) is 22.8 Å². The molecule has 0 saturated heterocycles. The van der Waals surface area contributed by atoms with Crippen LogP contribution in [0, 0.1) is 0 Å². The third-order valence-corrected chi connectivity index (χ3v) is 3.66. The minimum absolute atomic E-state index is 0.117. The highest BCUT2D eigenvalue weighted by Crippen LogP contribution is 2.28. The Morgan fingerprint density at radius 2 is 2.08 bits per heavy atom. The number of rotatable bonds is 7. The number of allylic oxidation sites excluding steroid dienone is 1. The Bertz CT molecular complexity index is 920. The maximum atomic E-state index is 12.5. The number of ketones is 1. The molecule has 0 radical (unpaired) electrons. The first-order valence-corrected chi connectivity index (χ1v) is 8.08. The number of benzene rings is 2. The van der Waals surface area contributed by atoms with E-state index in [1.54, 1.807) is 31.4 Å². The molecule has 0 unspecified atom stereocenters. The van der Waals surface area contributed by atoms with Crippen LogP contribution in [0.25, 0.3) is 11.8 Å². The minimum atomic E-state index is -0.117. The number of nitrogens with zero attached hydrogens (tertiary/aromatic N) is 4. The molecule has 7 nitrogen and oxygen atoms in total. The Morgan fingerprint density at radius 3 is 2.81 bits per heavy atom. The monoisotopic (exact) mass is 350 g/mol. The Hall–Kier alpha value is -3.48. The van der Waals surface area contributed by atoms with Gasteiger partial charge in [-0.05, 0) is 53.3 Å². The molecule has 1 aromatic heterocycles. The Balaban J connectivity index is 1.79. The van der Waals surface area contributed by atoms with Crippen LogP contribution in [-0.2, 0) is 0 Å². The van der Waals surface area contributed by atoms with Gasteiger partial charge in [0.1, 0.15) is 6.33 Å². The molecule has 0 aliphatic heterocycles. The standard InChI is InChI=1S/C19H18N4O3/c1-3-26-19-11-14(8-10-18(19)25-2)7-9-17(24)15-5-4-6-16(12-15)23-13-20-21-22-23/h4-13H,3H2,1-2H3/b9-7+. The highest BCUT2D eigenvalue weighted by Gasteiger charge is 2.07. The van der Waals surface area contributed by atoms with Gasteiger partial charge in [0.05, 0.1) is 19.4 Å². The third-order valence-electron chi connectivity index (χ3n) is 3.66. The van der Waals surface area contributed by atoms with E-state index in [0.717, 1.165) is 11.3 Å². The number of carbonyl (C=O) groups is 1. The molecule has 132 valence electrons. The number of aromatic nitrogens is 4. The van der Waals surface area contributed by atoms with Gasteiger partial charge in [-0.3, -0.25) is 4.79 Å². The summed E-state index contributed by atoms with van der Waals surface area (Å²) < 4.78 is 12.3. The largest absolute Gasteiger partial charge is 0.493 e. The van der Waals surface area contributed by atoms with Crippen LogP contribution < -0.4 is 9.47 Å². The summed E-state index contributed by atoms with van der Waals surface area (Å²) in [5, 5.41) is 11.0. The van der Waals surface area contributed by atoms with Gasteiger partial charge in [0.15, 0.2) is 17.3 Å². The van der Waals surface area contributed by atoms with E-state index in [-0.39, 0.29) is 5.78 Å². The highest BCUT2D eigenvalue weighted by atomic mass is 16.5. The summed E-state index contributed by atoms with van der Waals surface area (Å²) in [6, 6.07) is 12.6. The highest BCUT2D eigenvalue weighted by molar-refractivity contribution is 6.07. The van der Waals surface area contributed by atoms with Crippen LogP contribution >= 0.6 is 0 Å². The first-order chi connectivity index (χ1) is 12.7. The number of hydrogen-bond donors (Lipinski definition) is 0. The fourth-order valence-corrected chi connectivity index (χ4v) is 2.41. The van der Waals surface area contributed by atoms with Crippen molar-refractivity contribution in [3.8, 4) is 17.2 Å². The van der Waals surface area contributed by atoms with E-state index in [0.29, 0.717) is 23.7 Å². The van der Waals surface area contributed by atoms with Gasteiger partial charge in [-0.25, -0.2) is 4.68 Å². The van der Waals surface area contributed by atoms with Crippen molar-refractivity contribution in [2.75, 3.05) is 13.7 Å². The zero-order valence-electron chi connectivity index (χ0n) is 14.5. The quantitative estimate of drug-likeness (QED) is 0.481. The van der Waals surface area contributed by atoms with Gasteiger partial charge in [-0.1, -0.05) is 24.3 Å². The molecule has 3 aromatic rings. The van der Waals surface area contributed by atoms with Crippen molar-refractivity contribution >= 4 is 11.9 Å². The molecule has 1 heterocycles. The van der Waals surface area contributed by atoms with Crippen molar-refractivity contribution in [3.63, 3.8) is 0 Å². The lowest BCUT2D eigenvalue weighted by molar-refractivity contribution is 0.104. The van der Waals surface area contributed by atoms with E-state index < -0.39 is 0 Å². The second kappa shape index (κ2) is 8.06. The maximum absolute atomic E-state index is 12.5. The second-order valence-corrected chi connectivity index (χ2v) is 5.35. The van der Waals surface area contributed by atoms with Crippen molar-refractivity contribution in [1.29, 1.82) is 0 Å². The first-order valence-electron chi connectivity index (χ1n) is 8.08. The smallest absolute Gasteiger partial charge is 0.185 e. The Labute approximate surface area is 150 Å². The van der Waals surface area contributed by atoms with Crippen LogP contribution in [0.4, 0.5) is 0 Å². The van der Waals surface area contributed by atoms with E-state index >= 15 is 0 Å². The van der Waals surface area contributed by atoms with Crippen LogP contribution in [0.2, 0.25) is 0 Å². The number of carbonyl (C=O) groups excluding carboxylic acids is 1.